The Hall–Kier alpha value is -1.26. The number of hydrogen-bond donors (Lipinski definition) is 1. The van der Waals surface area contributed by atoms with Crippen LogP contribution in [0.15, 0.2) is 34.3 Å². The van der Waals surface area contributed by atoms with Crippen LogP contribution in [0.2, 0.25) is 18.1 Å². The molecule has 9 heteroatoms. The predicted octanol–water partition coefficient (Wildman–Crippen LogP) is 4.83. The number of nitrogens with one attached hydrogen (secondary N) is 1. The van der Waals surface area contributed by atoms with Crippen LogP contribution in [0.1, 0.15) is 52.5 Å². The maximum Gasteiger partial charge on any atom is 0.276 e. The van der Waals surface area contributed by atoms with E-state index in [1.165, 1.54) is 0 Å². The van der Waals surface area contributed by atoms with Gasteiger partial charge in [-0.2, -0.15) is 13.5 Å². The Kier molecular flexibility index (Phi) is 8.72. The molecule has 0 saturated heterocycles. The van der Waals surface area contributed by atoms with Crippen molar-refractivity contribution in [2.45, 2.75) is 83.0 Å². The molecule has 2 rings (SSSR count). The van der Waals surface area contributed by atoms with Crippen molar-refractivity contribution in [3.63, 3.8) is 0 Å². The Morgan fingerprint density at radius 1 is 1.22 bits per heavy atom. The lowest BCUT2D eigenvalue weighted by atomic mass is 9.81. The zero-order valence-corrected chi connectivity index (χ0v) is 22.6. The molecule has 1 saturated carbocycles. The van der Waals surface area contributed by atoms with Crippen LogP contribution in [0.25, 0.3) is 0 Å². The summed E-state index contributed by atoms with van der Waals surface area (Å²) in [5, 5.41) is 4.46. The van der Waals surface area contributed by atoms with Gasteiger partial charge in [-0.1, -0.05) is 45.4 Å². The molecule has 0 amide bonds. The number of hydrazone groups is 1. The van der Waals surface area contributed by atoms with E-state index in [0.29, 0.717) is 13.0 Å². The molecule has 1 N–H and O–H groups in total. The van der Waals surface area contributed by atoms with E-state index < -0.39 is 23.8 Å². The number of methoxy groups -OCH3 is 1. The number of aryl methyl sites for hydroxylation is 1. The topological polar surface area (TPSA) is 86.2 Å². The summed E-state index contributed by atoms with van der Waals surface area (Å²) in [5.74, 6) is 0. The van der Waals surface area contributed by atoms with E-state index in [9.17, 15) is 8.42 Å². The van der Waals surface area contributed by atoms with Gasteiger partial charge in [0.2, 0.25) is 0 Å². The van der Waals surface area contributed by atoms with Crippen molar-refractivity contribution >= 4 is 24.1 Å². The molecule has 2 atom stereocenters. The van der Waals surface area contributed by atoms with Crippen molar-refractivity contribution in [1.29, 1.82) is 0 Å². The SMILES string of the molecule is COCO[C@@H](CO[Si](C)(C)C(C)(C)C)[C@]1(C)CCC/C1=N\NS(=O)(=O)c1ccc(C)cc1. The van der Waals surface area contributed by atoms with Crippen LogP contribution >= 0.6 is 0 Å². The summed E-state index contributed by atoms with van der Waals surface area (Å²) in [6.07, 6.45) is 2.17. The Balaban J connectivity index is 2.24. The maximum absolute atomic E-state index is 12.7. The summed E-state index contributed by atoms with van der Waals surface area (Å²) in [6, 6.07) is 6.72. The zero-order chi connectivity index (χ0) is 24.2. The number of rotatable bonds is 10. The fourth-order valence-corrected chi connectivity index (χ4v) is 5.37. The summed E-state index contributed by atoms with van der Waals surface area (Å²) in [7, 11) is -4.13. The van der Waals surface area contributed by atoms with Gasteiger partial charge in [-0.25, -0.2) is 4.83 Å². The van der Waals surface area contributed by atoms with E-state index in [2.05, 4.69) is 50.7 Å². The Morgan fingerprint density at radius 3 is 2.41 bits per heavy atom. The van der Waals surface area contributed by atoms with Gasteiger partial charge < -0.3 is 13.9 Å². The van der Waals surface area contributed by atoms with Crippen molar-refractivity contribution in [3.8, 4) is 0 Å². The van der Waals surface area contributed by atoms with E-state index in [-0.39, 0.29) is 22.8 Å². The second kappa shape index (κ2) is 10.3. The van der Waals surface area contributed by atoms with Gasteiger partial charge in [0.1, 0.15) is 6.79 Å². The van der Waals surface area contributed by atoms with Crippen LogP contribution in [0, 0.1) is 12.3 Å². The minimum absolute atomic E-state index is 0.0793. The second-order valence-electron chi connectivity index (χ2n) is 10.4. The van der Waals surface area contributed by atoms with Crippen LogP contribution in [-0.4, -0.2) is 49.1 Å². The van der Waals surface area contributed by atoms with Gasteiger partial charge in [0.05, 0.1) is 17.6 Å². The molecule has 0 aromatic heterocycles. The van der Waals surface area contributed by atoms with Crippen LogP contribution in [0.4, 0.5) is 0 Å². The summed E-state index contributed by atoms with van der Waals surface area (Å²) >= 11 is 0. The molecule has 1 aliphatic rings. The number of ether oxygens (including phenoxy) is 2. The monoisotopic (exact) mass is 484 g/mol. The number of hydrogen-bond acceptors (Lipinski definition) is 6. The first kappa shape index (κ1) is 27.0. The summed E-state index contributed by atoms with van der Waals surface area (Å²) in [5.41, 5.74) is 1.34. The van der Waals surface area contributed by atoms with Gasteiger partial charge in [-0.3, -0.25) is 0 Å². The lowest BCUT2D eigenvalue weighted by molar-refractivity contribution is -0.114. The smallest absolute Gasteiger partial charge is 0.276 e. The summed E-state index contributed by atoms with van der Waals surface area (Å²) in [4.78, 5) is 2.64. The van der Waals surface area contributed by atoms with E-state index in [0.717, 1.165) is 24.1 Å². The Morgan fingerprint density at radius 2 is 1.84 bits per heavy atom. The Labute approximate surface area is 195 Å². The highest BCUT2D eigenvalue weighted by Crippen LogP contribution is 2.42. The average Bonchev–Trinajstić information content (AvgIpc) is 3.07. The molecular weight excluding hydrogens is 444 g/mol. The summed E-state index contributed by atoms with van der Waals surface area (Å²) < 4.78 is 43.2. The van der Waals surface area contributed by atoms with Gasteiger partial charge in [0, 0.05) is 18.2 Å². The van der Waals surface area contributed by atoms with E-state index in [1.807, 2.05) is 6.92 Å². The molecule has 1 aromatic rings. The number of sulfonamides is 1. The standard InChI is InChI=1S/C23H40N2O5SSi/c1-18-11-13-19(14-12-18)31(26,27)25-24-20-10-9-15-23(20,5)21(29-17-28-6)16-30-32(7,8)22(2,3)4/h11-14,21,25H,9-10,15-17H2,1-8H3/b24-20+/t21-,23+/m0/s1. The van der Waals surface area contributed by atoms with Crippen LogP contribution < -0.4 is 4.83 Å². The molecule has 1 fully saturated rings. The lowest BCUT2D eigenvalue weighted by Gasteiger charge is -2.40. The molecular formula is C23H40N2O5SSi. The zero-order valence-electron chi connectivity index (χ0n) is 20.8. The molecule has 1 aromatic carbocycles. The average molecular weight is 485 g/mol. The van der Waals surface area contributed by atoms with Gasteiger partial charge in [-0.15, -0.1) is 0 Å². The van der Waals surface area contributed by atoms with Crippen molar-refractivity contribution in [2.24, 2.45) is 10.5 Å². The molecule has 32 heavy (non-hydrogen) atoms. The van der Waals surface area contributed by atoms with Gasteiger partial charge in [0.25, 0.3) is 10.0 Å². The number of benzene rings is 1. The first-order valence-electron chi connectivity index (χ1n) is 11.1. The van der Waals surface area contributed by atoms with E-state index >= 15 is 0 Å². The highest BCUT2D eigenvalue weighted by molar-refractivity contribution is 7.89. The quantitative estimate of drug-likeness (QED) is 0.292. The first-order valence-corrected chi connectivity index (χ1v) is 15.5. The van der Waals surface area contributed by atoms with Crippen LogP contribution in [-0.2, 0) is 23.9 Å². The first-order chi connectivity index (χ1) is 14.7. The van der Waals surface area contributed by atoms with E-state index in [1.54, 1.807) is 31.4 Å². The third-order valence-electron chi connectivity index (χ3n) is 6.90. The third-order valence-corrected chi connectivity index (χ3v) is 12.6. The fraction of sp³-hybridized carbons (Fsp3) is 0.696. The fourth-order valence-electron chi connectivity index (χ4n) is 3.54. The minimum Gasteiger partial charge on any atom is -0.414 e. The molecule has 0 unspecified atom stereocenters. The largest absolute Gasteiger partial charge is 0.414 e. The molecule has 0 spiro atoms. The van der Waals surface area contributed by atoms with Gasteiger partial charge in [0.15, 0.2) is 8.32 Å². The lowest BCUT2D eigenvalue weighted by Crippen LogP contribution is -2.48. The van der Waals surface area contributed by atoms with Crippen molar-refractivity contribution in [2.75, 3.05) is 20.5 Å². The minimum atomic E-state index is -3.74. The highest BCUT2D eigenvalue weighted by Gasteiger charge is 2.46. The van der Waals surface area contributed by atoms with Crippen molar-refractivity contribution < 1.29 is 22.3 Å². The molecule has 7 nitrogen and oxygen atoms in total. The maximum atomic E-state index is 12.7. The highest BCUT2D eigenvalue weighted by atomic mass is 32.2. The van der Waals surface area contributed by atoms with Crippen LogP contribution in [0.5, 0.6) is 0 Å². The molecule has 182 valence electrons. The second-order valence-corrected chi connectivity index (χ2v) is 16.8. The molecule has 1 aliphatic carbocycles. The van der Waals surface area contributed by atoms with Gasteiger partial charge in [-0.05, 0) is 56.5 Å². The molecule has 0 aliphatic heterocycles. The molecule has 0 bridgehead atoms. The third kappa shape index (κ3) is 6.41. The molecule has 0 radical (unpaired) electrons. The van der Waals surface area contributed by atoms with Crippen molar-refractivity contribution in [3.05, 3.63) is 29.8 Å². The molecule has 0 heterocycles. The number of nitrogens with zero attached hydrogens (tertiary/aromatic N) is 1. The van der Waals surface area contributed by atoms with Crippen molar-refractivity contribution in [1.82, 2.24) is 4.83 Å². The van der Waals surface area contributed by atoms with Gasteiger partial charge >= 0.3 is 0 Å². The normalized spacial score (nSPS) is 22.3. The summed E-state index contributed by atoms with van der Waals surface area (Å²) in [6.45, 7) is 15.6. The Bertz CT molecular complexity index is 894. The predicted molar refractivity (Wildman–Crippen MR) is 131 cm³/mol. The van der Waals surface area contributed by atoms with E-state index in [4.69, 9.17) is 13.9 Å². The van der Waals surface area contributed by atoms with Crippen LogP contribution in [0.3, 0.4) is 0 Å².